The van der Waals surface area contributed by atoms with Gasteiger partial charge in [0.1, 0.15) is 31.0 Å². The number of aryl methyl sites for hydroxylation is 1. The molecule has 7 atom stereocenters. The molecule has 40 heavy (non-hydrogen) atoms. The second-order valence-corrected chi connectivity index (χ2v) is 10.2. The smallest absolute Gasteiger partial charge is 0.316 e. The van der Waals surface area contributed by atoms with Gasteiger partial charge in [0.2, 0.25) is 0 Å². The van der Waals surface area contributed by atoms with E-state index in [0.29, 0.717) is 32.4 Å². The van der Waals surface area contributed by atoms with Gasteiger partial charge in [-0.25, -0.2) is 10.5 Å². The Morgan fingerprint density at radius 3 is 2.52 bits per heavy atom. The van der Waals surface area contributed by atoms with Crippen LogP contribution in [-0.2, 0) is 35.1 Å². The van der Waals surface area contributed by atoms with Gasteiger partial charge < -0.3 is 54.3 Å². The van der Waals surface area contributed by atoms with Gasteiger partial charge in [0.15, 0.2) is 37.2 Å². The van der Waals surface area contributed by atoms with Gasteiger partial charge in [-0.15, -0.1) is 0 Å². The molecule has 0 amide bonds. The fourth-order valence-corrected chi connectivity index (χ4v) is 3.82. The Kier molecular flexibility index (Phi) is 14.5. The number of nitrogens with one attached hydrogen (secondary N) is 2. The molecule has 2 heterocycles. The van der Waals surface area contributed by atoms with Gasteiger partial charge in [-0.3, -0.25) is 4.84 Å². The van der Waals surface area contributed by atoms with Crippen LogP contribution in [0, 0.1) is 13.5 Å². The van der Waals surface area contributed by atoms with Crippen LogP contribution >= 0.6 is 0 Å². The highest BCUT2D eigenvalue weighted by molar-refractivity contribution is 5.12. The highest BCUT2D eigenvalue weighted by Crippen LogP contribution is 2.27. The van der Waals surface area contributed by atoms with Crippen molar-refractivity contribution in [2.24, 2.45) is 0 Å². The molecule has 1 aliphatic heterocycles. The normalized spacial score (nSPS) is 25.4. The maximum atomic E-state index is 10.7. The van der Waals surface area contributed by atoms with Crippen LogP contribution in [0.2, 0.25) is 0 Å². The zero-order valence-corrected chi connectivity index (χ0v) is 23.3. The first-order valence-corrected chi connectivity index (χ1v) is 13.0. The lowest BCUT2D eigenvalue weighted by atomic mass is 9.99. The molecule has 1 radical (unpaired) electrons. The van der Waals surface area contributed by atoms with Crippen LogP contribution in [0.3, 0.4) is 0 Å². The topological polar surface area (TPSA) is 203 Å². The second-order valence-electron chi connectivity index (χ2n) is 10.2. The molecule has 1 aromatic rings. The standard InChI is InChI=1S/C26H43N2O12/c1-16-8-17(10-27-9-16)15-36-28-6-5-7-35-25-23(34)22(33)24(20(13-31)38-25)39-21(14-32)37-18(11-29)19(12-30)40-26(2,3)4/h8-10,12,14,18-20,22-25,28-34H,5-7,11,13,15H2,1-4H3/p+1/b21-14-/t18?,19-,20?,22-,23?,24+,25-/m0/s1. The van der Waals surface area contributed by atoms with E-state index in [-0.39, 0.29) is 6.61 Å². The molecule has 0 saturated carbocycles. The number of hydrogen-bond donors (Lipinski definition) is 7. The fourth-order valence-electron chi connectivity index (χ4n) is 3.82. The summed E-state index contributed by atoms with van der Waals surface area (Å²) in [4.78, 5) is 8.43. The van der Waals surface area contributed by atoms with Crippen molar-refractivity contribution in [2.75, 3.05) is 26.4 Å². The molecule has 3 unspecified atom stereocenters. The third kappa shape index (κ3) is 11.0. The Hall–Kier alpha value is -2.11. The first kappa shape index (κ1) is 34.1. The second kappa shape index (κ2) is 17.0. The van der Waals surface area contributed by atoms with Gasteiger partial charge in [-0.05, 0) is 40.2 Å². The molecule has 1 aromatic heterocycles. The lowest BCUT2D eigenvalue weighted by Gasteiger charge is -2.42. The van der Waals surface area contributed by atoms with Crippen LogP contribution in [-0.4, -0.2) is 106 Å². The summed E-state index contributed by atoms with van der Waals surface area (Å²) in [5.74, 6) is -0.573. The fraction of sp³-hybridized carbons (Fsp3) is 0.692. The third-order valence-electron chi connectivity index (χ3n) is 5.67. The number of hydrogen-bond acceptors (Lipinski definition) is 13. The Labute approximate surface area is 234 Å². The minimum Gasteiger partial charge on any atom is -0.508 e. The molecule has 2 rings (SSSR count). The van der Waals surface area contributed by atoms with Gasteiger partial charge in [-0.1, -0.05) is 0 Å². The molecule has 1 aliphatic rings. The largest absolute Gasteiger partial charge is 0.508 e. The van der Waals surface area contributed by atoms with E-state index >= 15 is 0 Å². The molecule has 14 heteroatoms. The van der Waals surface area contributed by atoms with Gasteiger partial charge in [0, 0.05) is 17.7 Å². The van der Waals surface area contributed by atoms with Crippen molar-refractivity contribution in [2.45, 2.75) is 89.2 Å². The SMILES string of the molecule is Cc1c[nH+]cc(CONCCCO[C@H]2OC(CO)[C@@H](O/C(=C\O)OC(CO)[C@H]([CH]O)OC(C)(C)C)[C@@H](O)C2O)c1. The predicted molar refractivity (Wildman–Crippen MR) is 137 cm³/mol. The number of H-pyrrole nitrogens is 1. The van der Waals surface area contributed by atoms with Crippen molar-refractivity contribution in [3.8, 4) is 0 Å². The van der Waals surface area contributed by atoms with Crippen LogP contribution in [0.1, 0.15) is 38.3 Å². The lowest BCUT2D eigenvalue weighted by molar-refractivity contribution is -0.379. The third-order valence-corrected chi connectivity index (χ3v) is 5.67. The van der Waals surface area contributed by atoms with Crippen molar-refractivity contribution in [1.29, 1.82) is 0 Å². The lowest BCUT2D eigenvalue weighted by Crippen LogP contribution is -2.60. The van der Waals surface area contributed by atoms with Gasteiger partial charge in [0.25, 0.3) is 0 Å². The first-order chi connectivity index (χ1) is 19.0. The number of pyridine rings is 1. The number of ether oxygens (including phenoxy) is 5. The molecule has 0 aliphatic carbocycles. The molecule has 0 aromatic carbocycles. The summed E-state index contributed by atoms with van der Waals surface area (Å²) in [5, 5.41) is 60.0. The number of aromatic amines is 1. The summed E-state index contributed by atoms with van der Waals surface area (Å²) >= 11 is 0. The van der Waals surface area contributed by atoms with Crippen LogP contribution < -0.4 is 10.5 Å². The number of rotatable bonds is 17. The minimum atomic E-state index is -1.61. The molecular weight excluding hydrogens is 532 g/mol. The Balaban J connectivity index is 1.84. The van der Waals surface area contributed by atoms with Crippen molar-refractivity contribution >= 4 is 0 Å². The Bertz CT molecular complexity index is 881. The number of aliphatic hydroxyl groups is 6. The minimum absolute atomic E-state index is 0.141. The molecule has 1 saturated heterocycles. The first-order valence-electron chi connectivity index (χ1n) is 13.0. The predicted octanol–water partition coefficient (Wildman–Crippen LogP) is -0.486. The molecule has 0 spiro atoms. The van der Waals surface area contributed by atoms with E-state index in [9.17, 15) is 30.6 Å². The Morgan fingerprint density at radius 1 is 1.18 bits per heavy atom. The van der Waals surface area contributed by atoms with Crippen molar-refractivity contribution in [1.82, 2.24) is 5.48 Å². The van der Waals surface area contributed by atoms with E-state index in [0.717, 1.165) is 11.1 Å². The summed E-state index contributed by atoms with van der Waals surface area (Å²) in [6.07, 6.45) is -4.68. The molecule has 229 valence electrons. The summed E-state index contributed by atoms with van der Waals surface area (Å²) in [6.45, 7) is 7.54. The average Bonchev–Trinajstić information content (AvgIpc) is 2.92. The van der Waals surface area contributed by atoms with E-state index in [4.69, 9.17) is 28.5 Å². The highest BCUT2D eigenvalue weighted by Gasteiger charge is 2.47. The van der Waals surface area contributed by atoms with Gasteiger partial charge in [0.05, 0.1) is 32.0 Å². The van der Waals surface area contributed by atoms with E-state index < -0.39 is 67.7 Å². The zero-order valence-electron chi connectivity index (χ0n) is 23.3. The summed E-state index contributed by atoms with van der Waals surface area (Å²) in [7, 11) is 0. The molecule has 8 N–H and O–H groups in total. The molecular formula is C26H44N2O12+. The Morgan fingerprint density at radius 2 is 1.93 bits per heavy atom. The zero-order chi connectivity index (χ0) is 29.7. The van der Waals surface area contributed by atoms with Crippen LogP contribution in [0.5, 0.6) is 0 Å². The maximum Gasteiger partial charge on any atom is 0.316 e. The van der Waals surface area contributed by atoms with E-state index in [1.54, 1.807) is 20.8 Å². The van der Waals surface area contributed by atoms with Crippen LogP contribution in [0.4, 0.5) is 0 Å². The van der Waals surface area contributed by atoms with E-state index in [1.165, 1.54) is 0 Å². The molecule has 1 fully saturated rings. The molecule has 0 bridgehead atoms. The van der Waals surface area contributed by atoms with Crippen molar-refractivity contribution in [3.63, 3.8) is 0 Å². The summed E-state index contributed by atoms with van der Waals surface area (Å²) in [5.41, 5.74) is 4.17. The van der Waals surface area contributed by atoms with Crippen LogP contribution in [0.25, 0.3) is 0 Å². The molecule has 14 nitrogen and oxygen atoms in total. The maximum absolute atomic E-state index is 10.7. The van der Waals surface area contributed by atoms with Gasteiger partial charge in [-0.2, -0.15) is 0 Å². The van der Waals surface area contributed by atoms with Gasteiger partial charge >= 0.3 is 5.95 Å². The van der Waals surface area contributed by atoms with Crippen molar-refractivity contribution < 1.29 is 64.1 Å². The number of hydroxylamine groups is 1. The van der Waals surface area contributed by atoms with Crippen molar-refractivity contribution in [3.05, 3.63) is 48.4 Å². The summed E-state index contributed by atoms with van der Waals surface area (Å²) < 4.78 is 27.7. The number of aromatic nitrogens is 1. The quantitative estimate of drug-likeness (QED) is 0.0712. The van der Waals surface area contributed by atoms with Crippen LogP contribution in [0.15, 0.2) is 30.7 Å². The summed E-state index contributed by atoms with van der Waals surface area (Å²) in [6, 6.07) is 1.99. The average molecular weight is 577 g/mol. The monoisotopic (exact) mass is 576 g/mol. The van der Waals surface area contributed by atoms with E-state index in [1.807, 2.05) is 25.4 Å². The number of aliphatic hydroxyl groups excluding tert-OH is 6. The highest BCUT2D eigenvalue weighted by atomic mass is 16.7. The van der Waals surface area contributed by atoms with E-state index in [2.05, 4.69) is 10.5 Å².